The third-order valence-corrected chi connectivity index (χ3v) is 4.80. The van der Waals surface area contributed by atoms with Gasteiger partial charge in [-0.25, -0.2) is 8.78 Å². The van der Waals surface area contributed by atoms with Crippen molar-refractivity contribution in [3.63, 3.8) is 0 Å². The molecule has 2 unspecified atom stereocenters. The lowest BCUT2D eigenvalue weighted by Gasteiger charge is -2.34. The van der Waals surface area contributed by atoms with Crippen LogP contribution in [0.15, 0.2) is 18.2 Å². The van der Waals surface area contributed by atoms with E-state index in [1.165, 1.54) is 18.2 Å². The van der Waals surface area contributed by atoms with Gasteiger partial charge in [0.1, 0.15) is 11.6 Å². The predicted molar refractivity (Wildman–Crippen MR) is 84.4 cm³/mol. The highest BCUT2D eigenvalue weighted by Gasteiger charge is 2.46. The molecule has 2 fully saturated rings. The van der Waals surface area contributed by atoms with Crippen LogP contribution in [0.25, 0.3) is 0 Å². The Morgan fingerprint density at radius 2 is 1.91 bits per heavy atom. The van der Waals surface area contributed by atoms with E-state index in [4.69, 9.17) is 10.5 Å². The van der Waals surface area contributed by atoms with E-state index in [1.54, 1.807) is 0 Å². The lowest BCUT2D eigenvalue weighted by molar-refractivity contribution is -0.136. The molecule has 2 aliphatic rings. The lowest BCUT2D eigenvalue weighted by atomic mass is 9.79. The lowest BCUT2D eigenvalue weighted by Crippen LogP contribution is -2.49. The molecule has 1 aliphatic heterocycles. The average Bonchev–Trinajstić information content (AvgIpc) is 3.26. The molecule has 0 bridgehead atoms. The summed E-state index contributed by atoms with van der Waals surface area (Å²) in [4.78, 5) is 12.5. The normalized spacial score (nSPS) is 25.3. The summed E-state index contributed by atoms with van der Waals surface area (Å²) < 4.78 is 32.8. The number of halogens is 3. The van der Waals surface area contributed by atoms with E-state index in [0.717, 1.165) is 0 Å². The summed E-state index contributed by atoms with van der Waals surface area (Å²) in [5.41, 5.74) is 5.25. The fraction of sp³-hybridized carbons (Fsp3) is 0.562. The second-order valence-electron chi connectivity index (χ2n) is 6.15. The summed E-state index contributed by atoms with van der Waals surface area (Å²) >= 11 is 0. The quantitative estimate of drug-likeness (QED) is 0.877. The van der Waals surface area contributed by atoms with Gasteiger partial charge in [0.05, 0.1) is 5.41 Å². The maximum atomic E-state index is 13.8. The number of carbonyl (C=O) groups is 1. The van der Waals surface area contributed by atoms with Crippen molar-refractivity contribution in [3.8, 4) is 0 Å². The Labute approximate surface area is 140 Å². The zero-order valence-corrected chi connectivity index (χ0v) is 13.5. The highest BCUT2D eigenvalue weighted by molar-refractivity contribution is 5.85. The van der Waals surface area contributed by atoms with Crippen LogP contribution in [0.3, 0.4) is 0 Å². The van der Waals surface area contributed by atoms with Gasteiger partial charge in [0, 0.05) is 37.3 Å². The first-order valence-electron chi connectivity index (χ1n) is 7.60. The fourth-order valence-electron chi connectivity index (χ4n) is 3.15. The summed E-state index contributed by atoms with van der Waals surface area (Å²) in [6.45, 7) is 1.29. The van der Waals surface area contributed by atoms with Crippen LogP contribution in [0.1, 0.15) is 30.7 Å². The molecular weight excluding hydrogens is 326 g/mol. The first-order valence-corrected chi connectivity index (χ1v) is 7.60. The van der Waals surface area contributed by atoms with Gasteiger partial charge in [0.2, 0.25) is 5.91 Å². The zero-order chi connectivity index (χ0) is 15.7. The van der Waals surface area contributed by atoms with Crippen molar-refractivity contribution >= 4 is 18.3 Å². The zero-order valence-electron chi connectivity index (χ0n) is 12.7. The largest absolute Gasteiger partial charge is 0.381 e. The second-order valence-corrected chi connectivity index (χ2v) is 6.15. The number of amides is 1. The van der Waals surface area contributed by atoms with E-state index >= 15 is 0 Å². The number of hydrogen-bond donors (Lipinski definition) is 2. The van der Waals surface area contributed by atoms with Crippen LogP contribution >= 0.6 is 12.4 Å². The molecule has 1 saturated heterocycles. The van der Waals surface area contributed by atoms with E-state index in [0.29, 0.717) is 32.5 Å². The van der Waals surface area contributed by atoms with Gasteiger partial charge in [-0.1, -0.05) is 6.07 Å². The van der Waals surface area contributed by atoms with Crippen LogP contribution in [0.4, 0.5) is 8.78 Å². The minimum atomic E-state index is -0.612. The molecule has 4 nitrogen and oxygen atoms in total. The van der Waals surface area contributed by atoms with Gasteiger partial charge >= 0.3 is 0 Å². The molecule has 0 radical (unpaired) electrons. The molecule has 1 aliphatic carbocycles. The molecule has 128 valence electrons. The number of hydrogen-bond acceptors (Lipinski definition) is 3. The van der Waals surface area contributed by atoms with E-state index in [2.05, 4.69) is 5.32 Å². The Morgan fingerprint density at radius 3 is 2.48 bits per heavy atom. The number of carbonyl (C=O) groups excluding carboxylic acids is 1. The van der Waals surface area contributed by atoms with Gasteiger partial charge in [0.15, 0.2) is 0 Å². The van der Waals surface area contributed by atoms with Gasteiger partial charge in [0.25, 0.3) is 0 Å². The standard InChI is InChI=1S/C16H20F2N2O2.ClH/c17-11-2-1-3-12(18)14(11)10-8-13(10)20-15(21)16(9-19)4-6-22-7-5-16;/h1-3,10,13H,4-9,19H2,(H,20,21);1H. The first-order chi connectivity index (χ1) is 10.6. The van der Waals surface area contributed by atoms with Gasteiger partial charge in [-0.15, -0.1) is 12.4 Å². The Kier molecular flexibility index (Phi) is 5.60. The van der Waals surface area contributed by atoms with Crippen molar-refractivity contribution in [2.45, 2.75) is 31.2 Å². The van der Waals surface area contributed by atoms with Crippen molar-refractivity contribution in [2.75, 3.05) is 19.8 Å². The van der Waals surface area contributed by atoms with Crippen molar-refractivity contribution in [1.82, 2.24) is 5.32 Å². The van der Waals surface area contributed by atoms with Crippen LogP contribution in [0.5, 0.6) is 0 Å². The van der Waals surface area contributed by atoms with Gasteiger partial charge in [-0.05, 0) is 31.4 Å². The molecule has 7 heteroatoms. The van der Waals surface area contributed by atoms with E-state index in [-0.39, 0.29) is 42.4 Å². The molecule has 0 aromatic heterocycles. The molecule has 1 saturated carbocycles. The van der Waals surface area contributed by atoms with Crippen molar-refractivity contribution in [3.05, 3.63) is 35.4 Å². The van der Waals surface area contributed by atoms with Crippen LogP contribution < -0.4 is 11.1 Å². The Bertz CT molecular complexity index is 559. The molecule has 1 aromatic carbocycles. The summed E-state index contributed by atoms with van der Waals surface area (Å²) in [6, 6.07) is 3.62. The highest BCUT2D eigenvalue weighted by atomic mass is 35.5. The topological polar surface area (TPSA) is 64.4 Å². The third kappa shape index (κ3) is 3.49. The average molecular weight is 347 g/mol. The minimum absolute atomic E-state index is 0. The molecule has 0 spiro atoms. The molecule has 1 heterocycles. The summed E-state index contributed by atoms with van der Waals surface area (Å²) in [5, 5.41) is 2.91. The molecule has 3 rings (SSSR count). The van der Waals surface area contributed by atoms with E-state index in [1.807, 2.05) is 0 Å². The summed E-state index contributed by atoms with van der Waals surface area (Å²) in [7, 11) is 0. The van der Waals surface area contributed by atoms with Crippen LogP contribution in [-0.4, -0.2) is 31.7 Å². The maximum Gasteiger partial charge on any atom is 0.227 e. The maximum absolute atomic E-state index is 13.8. The number of nitrogens with two attached hydrogens (primary N) is 1. The molecule has 3 N–H and O–H groups in total. The number of nitrogens with one attached hydrogen (secondary N) is 1. The summed E-state index contributed by atoms with van der Waals surface area (Å²) in [5.74, 6) is -1.52. The third-order valence-electron chi connectivity index (χ3n) is 4.80. The van der Waals surface area contributed by atoms with Crippen LogP contribution in [-0.2, 0) is 9.53 Å². The monoisotopic (exact) mass is 346 g/mol. The second kappa shape index (κ2) is 7.11. The summed E-state index contributed by atoms with van der Waals surface area (Å²) in [6.07, 6.45) is 1.72. The van der Waals surface area contributed by atoms with E-state index < -0.39 is 17.0 Å². The van der Waals surface area contributed by atoms with Crippen molar-refractivity contribution in [1.29, 1.82) is 0 Å². The van der Waals surface area contributed by atoms with Gasteiger partial charge in [-0.2, -0.15) is 0 Å². The molecule has 2 atom stereocenters. The Balaban J connectivity index is 0.00000192. The number of rotatable bonds is 4. The minimum Gasteiger partial charge on any atom is -0.381 e. The van der Waals surface area contributed by atoms with E-state index in [9.17, 15) is 13.6 Å². The fourth-order valence-corrected chi connectivity index (χ4v) is 3.15. The van der Waals surface area contributed by atoms with Crippen LogP contribution in [0.2, 0.25) is 0 Å². The number of benzene rings is 1. The smallest absolute Gasteiger partial charge is 0.227 e. The van der Waals surface area contributed by atoms with Gasteiger partial charge < -0.3 is 15.8 Å². The SMILES string of the molecule is Cl.NCC1(C(=O)NC2CC2c2c(F)cccc2F)CCOCC1. The predicted octanol–water partition coefficient (Wildman–Crippen LogP) is 2.11. The molecule has 1 aromatic rings. The molecular formula is C16H21ClF2N2O2. The van der Waals surface area contributed by atoms with Crippen molar-refractivity contribution < 1.29 is 18.3 Å². The van der Waals surface area contributed by atoms with Crippen molar-refractivity contribution in [2.24, 2.45) is 11.1 Å². The highest BCUT2D eigenvalue weighted by Crippen LogP contribution is 2.44. The Hall–Kier alpha value is -1.24. The number of ether oxygens (including phenoxy) is 1. The Morgan fingerprint density at radius 1 is 1.30 bits per heavy atom. The van der Waals surface area contributed by atoms with Gasteiger partial charge in [-0.3, -0.25) is 4.79 Å². The molecule has 23 heavy (non-hydrogen) atoms. The van der Waals surface area contributed by atoms with Crippen LogP contribution in [0, 0.1) is 17.0 Å². The molecule has 1 amide bonds. The first kappa shape index (κ1) is 18.1.